The molecule has 0 aliphatic carbocycles. The second-order valence-electron chi connectivity index (χ2n) is 4.79. The number of anilines is 1. The first kappa shape index (κ1) is 17.0. The number of hydrogen-bond donors (Lipinski definition) is 3. The van der Waals surface area contributed by atoms with Crippen molar-refractivity contribution in [2.24, 2.45) is 11.7 Å². The highest BCUT2D eigenvalue weighted by molar-refractivity contribution is 5.95. The Morgan fingerprint density at radius 3 is 2.19 bits per heavy atom. The highest BCUT2D eigenvalue weighted by atomic mass is 19.2. The molecule has 0 heterocycles. The second-order valence-corrected chi connectivity index (χ2v) is 4.79. The molecule has 5 nitrogen and oxygen atoms in total. The number of carbonyl (C=O) groups excluding carboxylic acids is 2. The van der Waals surface area contributed by atoms with Gasteiger partial charge in [0.05, 0.1) is 12.6 Å². The van der Waals surface area contributed by atoms with Crippen molar-refractivity contribution in [2.45, 2.75) is 19.9 Å². The first-order chi connectivity index (χ1) is 9.72. The number of hydrogen-bond acceptors (Lipinski definition) is 3. The van der Waals surface area contributed by atoms with Gasteiger partial charge >= 0.3 is 0 Å². The van der Waals surface area contributed by atoms with E-state index in [-0.39, 0.29) is 11.6 Å². The van der Waals surface area contributed by atoms with Crippen molar-refractivity contribution in [1.29, 1.82) is 0 Å². The number of nitrogens with one attached hydrogen (secondary N) is 2. The summed E-state index contributed by atoms with van der Waals surface area (Å²) in [6.07, 6.45) is 0. The summed E-state index contributed by atoms with van der Waals surface area (Å²) < 4.78 is 38.6. The smallest absolute Gasteiger partial charge is 0.243 e. The minimum absolute atomic E-state index is 0.103. The summed E-state index contributed by atoms with van der Waals surface area (Å²) in [5, 5.41) is 4.42. The zero-order valence-electron chi connectivity index (χ0n) is 11.5. The Hall–Kier alpha value is -2.09. The van der Waals surface area contributed by atoms with Crippen LogP contribution in [0, 0.1) is 23.4 Å². The van der Waals surface area contributed by atoms with Gasteiger partial charge in [0, 0.05) is 17.8 Å². The first-order valence-electron chi connectivity index (χ1n) is 6.20. The molecule has 0 spiro atoms. The van der Waals surface area contributed by atoms with Crippen LogP contribution < -0.4 is 16.4 Å². The average molecular weight is 303 g/mol. The Morgan fingerprint density at radius 1 is 1.19 bits per heavy atom. The van der Waals surface area contributed by atoms with Crippen LogP contribution in [0.4, 0.5) is 18.9 Å². The summed E-state index contributed by atoms with van der Waals surface area (Å²) in [6.45, 7) is 3.07. The summed E-state index contributed by atoms with van der Waals surface area (Å²) in [5.41, 5.74) is 5.32. The number of rotatable bonds is 5. The van der Waals surface area contributed by atoms with Crippen LogP contribution in [-0.4, -0.2) is 24.4 Å². The number of benzene rings is 1. The van der Waals surface area contributed by atoms with Gasteiger partial charge in [0.2, 0.25) is 11.8 Å². The molecule has 0 aliphatic rings. The maximum Gasteiger partial charge on any atom is 0.243 e. The van der Waals surface area contributed by atoms with Crippen LogP contribution in [0.15, 0.2) is 12.1 Å². The lowest BCUT2D eigenvalue weighted by Gasteiger charge is -2.15. The van der Waals surface area contributed by atoms with Crippen molar-refractivity contribution in [3.05, 3.63) is 29.6 Å². The second kappa shape index (κ2) is 7.07. The van der Waals surface area contributed by atoms with Crippen LogP contribution in [0.2, 0.25) is 0 Å². The summed E-state index contributed by atoms with van der Waals surface area (Å²) in [7, 11) is 0. The van der Waals surface area contributed by atoms with E-state index in [9.17, 15) is 22.8 Å². The summed E-state index contributed by atoms with van der Waals surface area (Å²) in [4.78, 5) is 23.0. The summed E-state index contributed by atoms with van der Waals surface area (Å²) in [6, 6.07) is 0.509. The Bertz CT molecular complexity index is 526. The summed E-state index contributed by atoms with van der Waals surface area (Å²) >= 11 is 0. The van der Waals surface area contributed by atoms with Crippen molar-refractivity contribution in [1.82, 2.24) is 5.32 Å². The molecule has 0 aromatic heterocycles. The van der Waals surface area contributed by atoms with E-state index in [1.807, 2.05) is 0 Å². The quantitative estimate of drug-likeness (QED) is 0.713. The number of amides is 2. The zero-order chi connectivity index (χ0) is 16.2. The maximum atomic E-state index is 12.9. The molecule has 4 N–H and O–H groups in total. The van der Waals surface area contributed by atoms with Crippen LogP contribution in [0.1, 0.15) is 13.8 Å². The zero-order valence-corrected chi connectivity index (χ0v) is 11.5. The minimum Gasteiger partial charge on any atom is -0.346 e. The molecular formula is C13H16F3N3O2. The van der Waals surface area contributed by atoms with E-state index in [1.54, 1.807) is 13.8 Å². The molecule has 0 bridgehead atoms. The van der Waals surface area contributed by atoms with Gasteiger partial charge in [-0.1, -0.05) is 13.8 Å². The third-order valence-corrected chi connectivity index (χ3v) is 2.71. The van der Waals surface area contributed by atoms with E-state index in [2.05, 4.69) is 10.6 Å². The fourth-order valence-electron chi connectivity index (χ4n) is 1.42. The minimum atomic E-state index is -1.62. The largest absolute Gasteiger partial charge is 0.346 e. The Balaban J connectivity index is 2.57. The van der Waals surface area contributed by atoms with Gasteiger partial charge in [-0.15, -0.1) is 0 Å². The summed E-state index contributed by atoms with van der Waals surface area (Å²) in [5.74, 6) is -5.80. The molecule has 21 heavy (non-hydrogen) atoms. The lowest BCUT2D eigenvalue weighted by molar-refractivity contribution is -0.125. The molecule has 2 amide bonds. The van der Waals surface area contributed by atoms with Gasteiger partial charge in [-0.05, 0) is 5.92 Å². The van der Waals surface area contributed by atoms with Gasteiger partial charge in [-0.2, -0.15) is 0 Å². The molecule has 8 heteroatoms. The van der Waals surface area contributed by atoms with E-state index >= 15 is 0 Å². The number of carbonyl (C=O) groups is 2. The maximum absolute atomic E-state index is 12.9. The molecule has 0 aliphatic heterocycles. The monoisotopic (exact) mass is 303 g/mol. The van der Waals surface area contributed by atoms with E-state index < -0.39 is 41.9 Å². The Morgan fingerprint density at radius 2 is 1.71 bits per heavy atom. The van der Waals surface area contributed by atoms with E-state index in [0.29, 0.717) is 12.1 Å². The van der Waals surface area contributed by atoms with E-state index in [4.69, 9.17) is 5.73 Å². The fourth-order valence-corrected chi connectivity index (χ4v) is 1.42. The standard InChI is InChI=1S/C13H16F3N3O2/c1-6(2)12(17)13(21)18-5-10(20)19-7-3-8(14)11(16)9(15)4-7/h3-4,6,12H,5,17H2,1-2H3,(H,18,21)(H,19,20)/t12-/m0/s1. The average Bonchev–Trinajstić information content (AvgIpc) is 2.41. The lowest BCUT2D eigenvalue weighted by atomic mass is 10.1. The molecule has 1 aromatic rings. The molecule has 0 saturated carbocycles. The Kier molecular flexibility index (Phi) is 5.71. The molecule has 0 fully saturated rings. The molecule has 1 aromatic carbocycles. The molecule has 116 valence electrons. The molecule has 0 unspecified atom stereocenters. The first-order valence-corrected chi connectivity index (χ1v) is 6.20. The third-order valence-electron chi connectivity index (χ3n) is 2.71. The van der Waals surface area contributed by atoms with Crippen molar-refractivity contribution in [3.63, 3.8) is 0 Å². The van der Waals surface area contributed by atoms with Crippen molar-refractivity contribution in [2.75, 3.05) is 11.9 Å². The van der Waals surface area contributed by atoms with Crippen molar-refractivity contribution < 1.29 is 22.8 Å². The topological polar surface area (TPSA) is 84.2 Å². The third kappa shape index (κ3) is 4.75. The fraction of sp³-hybridized carbons (Fsp3) is 0.385. The SMILES string of the molecule is CC(C)[C@H](N)C(=O)NCC(=O)Nc1cc(F)c(F)c(F)c1. The molecular weight excluding hydrogens is 287 g/mol. The number of nitrogens with two attached hydrogens (primary N) is 1. The van der Waals surface area contributed by atoms with Gasteiger partial charge < -0.3 is 16.4 Å². The van der Waals surface area contributed by atoms with Crippen molar-refractivity contribution in [3.8, 4) is 0 Å². The van der Waals surface area contributed by atoms with Crippen LogP contribution in [-0.2, 0) is 9.59 Å². The molecule has 1 rings (SSSR count). The van der Waals surface area contributed by atoms with Gasteiger partial charge in [0.25, 0.3) is 0 Å². The molecule has 0 saturated heterocycles. The van der Waals surface area contributed by atoms with Gasteiger partial charge in [0.1, 0.15) is 0 Å². The lowest BCUT2D eigenvalue weighted by Crippen LogP contribution is -2.46. The van der Waals surface area contributed by atoms with Gasteiger partial charge in [-0.3, -0.25) is 9.59 Å². The normalized spacial score (nSPS) is 12.1. The number of halogens is 3. The molecule has 1 atom stereocenters. The molecule has 0 radical (unpaired) electrons. The van der Waals surface area contributed by atoms with Crippen LogP contribution in [0.5, 0.6) is 0 Å². The highest BCUT2D eigenvalue weighted by Crippen LogP contribution is 2.17. The Labute approximate surface area is 119 Å². The van der Waals surface area contributed by atoms with Crippen LogP contribution in [0.3, 0.4) is 0 Å². The van der Waals surface area contributed by atoms with Crippen LogP contribution >= 0.6 is 0 Å². The van der Waals surface area contributed by atoms with E-state index in [1.165, 1.54) is 0 Å². The predicted octanol–water partition coefficient (Wildman–Crippen LogP) is 1.14. The van der Waals surface area contributed by atoms with Gasteiger partial charge in [-0.25, -0.2) is 13.2 Å². The predicted molar refractivity (Wildman–Crippen MR) is 70.8 cm³/mol. The highest BCUT2D eigenvalue weighted by Gasteiger charge is 2.18. The van der Waals surface area contributed by atoms with Gasteiger partial charge in [0.15, 0.2) is 17.5 Å². The van der Waals surface area contributed by atoms with E-state index in [0.717, 1.165) is 0 Å². The van der Waals surface area contributed by atoms with Crippen molar-refractivity contribution >= 4 is 17.5 Å². The van der Waals surface area contributed by atoms with Crippen LogP contribution in [0.25, 0.3) is 0 Å².